The Balaban J connectivity index is 2.31. The fourth-order valence-corrected chi connectivity index (χ4v) is 2.85. The molecule has 124 valence electrons. The molecule has 0 bridgehead atoms. The summed E-state index contributed by atoms with van der Waals surface area (Å²) in [7, 11) is 1.72. The molecule has 0 radical (unpaired) electrons. The number of aromatic nitrogens is 2. The molecular weight excluding hydrogens is 274 g/mol. The largest absolute Gasteiger partial charge is 0.378 e. The molecule has 1 aliphatic heterocycles. The predicted molar refractivity (Wildman–Crippen MR) is 91.3 cm³/mol. The van der Waals surface area contributed by atoms with Crippen molar-refractivity contribution in [2.75, 3.05) is 25.1 Å². The Morgan fingerprint density at radius 1 is 1.18 bits per heavy atom. The molecule has 0 amide bonds. The summed E-state index contributed by atoms with van der Waals surface area (Å²) >= 11 is 0. The number of rotatable bonds is 3. The van der Waals surface area contributed by atoms with Crippen LogP contribution in [-0.4, -0.2) is 30.2 Å². The molecule has 4 nitrogen and oxygen atoms in total. The lowest BCUT2D eigenvalue weighted by atomic mass is 9.85. The Hall–Kier alpha value is -1.16. The maximum Gasteiger partial charge on any atom is 0.136 e. The van der Waals surface area contributed by atoms with Crippen molar-refractivity contribution in [1.29, 1.82) is 0 Å². The van der Waals surface area contributed by atoms with E-state index in [1.165, 1.54) is 19.3 Å². The van der Waals surface area contributed by atoms with Gasteiger partial charge < -0.3 is 9.64 Å². The van der Waals surface area contributed by atoms with E-state index in [2.05, 4.69) is 50.6 Å². The maximum atomic E-state index is 5.29. The molecule has 1 aromatic heterocycles. The molecule has 2 rings (SSSR count). The molecule has 1 aromatic rings. The summed E-state index contributed by atoms with van der Waals surface area (Å²) in [6, 6.07) is 2.09. The highest BCUT2D eigenvalue weighted by Crippen LogP contribution is 2.32. The summed E-state index contributed by atoms with van der Waals surface area (Å²) in [6.07, 6.45) is 3.72. The normalized spacial score (nSPS) is 19.1. The van der Waals surface area contributed by atoms with Crippen molar-refractivity contribution in [3.63, 3.8) is 0 Å². The molecule has 1 aliphatic rings. The third-order valence-electron chi connectivity index (χ3n) is 4.39. The lowest BCUT2D eigenvalue weighted by Gasteiger charge is -2.26. The molecule has 0 N–H and O–H groups in total. The van der Waals surface area contributed by atoms with Gasteiger partial charge in [0.15, 0.2) is 0 Å². The van der Waals surface area contributed by atoms with Crippen LogP contribution in [0.1, 0.15) is 65.4 Å². The molecule has 0 atom stereocenters. The van der Waals surface area contributed by atoms with Gasteiger partial charge in [0, 0.05) is 31.7 Å². The van der Waals surface area contributed by atoms with Gasteiger partial charge in [-0.1, -0.05) is 34.6 Å². The zero-order valence-electron chi connectivity index (χ0n) is 15.1. The molecule has 22 heavy (non-hydrogen) atoms. The van der Waals surface area contributed by atoms with Crippen LogP contribution in [0.15, 0.2) is 6.07 Å². The van der Waals surface area contributed by atoms with E-state index in [9.17, 15) is 0 Å². The van der Waals surface area contributed by atoms with E-state index >= 15 is 0 Å². The third kappa shape index (κ3) is 4.42. The molecule has 1 fully saturated rings. The van der Waals surface area contributed by atoms with E-state index in [0.29, 0.717) is 12.0 Å². The molecule has 0 saturated carbocycles. The highest BCUT2D eigenvalue weighted by Gasteiger charge is 2.25. The van der Waals surface area contributed by atoms with Gasteiger partial charge in [-0.3, -0.25) is 0 Å². The standard InChI is InChI=1S/C18H31N3O/c1-17(2,3)16-19-14(13-22-6)12-15(20-16)21-10-7-8-18(4,5)9-11-21/h12H,7-11,13H2,1-6H3. The van der Waals surface area contributed by atoms with E-state index in [1.54, 1.807) is 7.11 Å². The van der Waals surface area contributed by atoms with E-state index in [1.807, 2.05) is 0 Å². The molecular formula is C18H31N3O. The molecule has 0 unspecified atom stereocenters. The monoisotopic (exact) mass is 305 g/mol. The number of ether oxygens (including phenoxy) is 1. The van der Waals surface area contributed by atoms with Gasteiger partial charge in [0.2, 0.25) is 0 Å². The van der Waals surface area contributed by atoms with Gasteiger partial charge in [0.25, 0.3) is 0 Å². The minimum Gasteiger partial charge on any atom is -0.378 e. The zero-order valence-corrected chi connectivity index (χ0v) is 15.1. The summed E-state index contributed by atoms with van der Waals surface area (Å²) in [6.45, 7) is 13.9. The fraction of sp³-hybridized carbons (Fsp3) is 0.778. The van der Waals surface area contributed by atoms with Crippen molar-refractivity contribution in [2.45, 2.75) is 65.9 Å². The second-order valence-corrected chi connectivity index (χ2v) is 8.23. The zero-order chi connectivity index (χ0) is 16.4. The van der Waals surface area contributed by atoms with Crippen LogP contribution in [0, 0.1) is 5.41 Å². The van der Waals surface area contributed by atoms with E-state index in [-0.39, 0.29) is 5.41 Å². The van der Waals surface area contributed by atoms with Crippen LogP contribution in [0.5, 0.6) is 0 Å². The van der Waals surface area contributed by atoms with Crippen LogP contribution in [0.3, 0.4) is 0 Å². The van der Waals surface area contributed by atoms with Gasteiger partial charge in [-0.2, -0.15) is 0 Å². The minimum atomic E-state index is -0.0520. The lowest BCUT2D eigenvalue weighted by Crippen LogP contribution is -2.28. The maximum absolute atomic E-state index is 5.29. The van der Waals surface area contributed by atoms with Crippen molar-refractivity contribution < 1.29 is 4.74 Å². The average molecular weight is 305 g/mol. The molecule has 0 aromatic carbocycles. The second-order valence-electron chi connectivity index (χ2n) is 8.23. The Morgan fingerprint density at radius 2 is 1.91 bits per heavy atom. The summed E-state index contributed by atoms with van der Waals surface area (Å²) in [4.78, 5) is 12.0. The molecule has 0 aliphatic carbocycles. The van der Waals surface area contributed by atoms with Crippen LogP contribution in [-0.2, 0) is 16.8 Å². The number of nitrogens with zero attached hydrogens (tertiary/aromatic N) is 3. The summed E-state index contributed by atoms with van der Waals surface area (Å²) in [5.41, 5.74) is 1.36. The van der Waals surface area contributed by atoms with Crippen LogP contribution < -0.4 is 4.90 Å². The first-order valence-electron chi connectivity index (χ1n) is 8.34. The minimum absolute atomic E-state index is 0.0520. The third-order valence-corrected chi connectivity index (χ3v) is 4.39. The smallest absolute Gasteiger partial charge is 0.136 e. The van der Waals surface area contributed by atoms with Crippen molar-refractivity contribution in [1.82, 2.24) is 9.97 Å². The van der Waals surface area contributed by atoms with Crippen molar-refractivity contribution in [2.24, 2.45) is 5.41 Å². The summed E-state index contributed by atoms with van der Waals surface area (Å²) < 4.78 is 5.29. The van der Waals surface area contributed by atoms with E-state index in [4.69, 9.17) is 9.72 Å². The van der Waals surface area contributed by atoms with Gasteiger partial charge >= 0.3 is 0 Å². The molecule has 2 heterocycles. The van der Waals surface area contributed by atoms with Gasteiger partial charge in [0.1, 0.15) is 11.6 Å². The quantitative estimate of drug-likeness (QED) is 0.848. The van der Waals surface area contributed by atoms with E-state index < -0.39 is 0 Å². The highest BCUT2D eigenvalue weighted by atomic mass is 16.5. The molecule has 0 spiro atoms. The predicted octanol–water partition coefficient (Wildman–Crippen LogP) is 3.94. The van der Waals surface area contributed by atoms with Gasteiger partial charge in [0.05, 0.1) is 12.3 Å². The first kappa shape index (κ1) is 17.2. The number of hydrogen-bond donors (Lipinski definition) is 0. The molecule has 1 saturated heterocycles. The van der Waals surface area contributed by atoms with Crippen LogP contribution in [0.25, 0.3) is 0 Å². The number of anilines is 1. The summed E-state index contributed by atoms with van der Waals surface area (Å²) in [5, 5.41) is 0. The van der Waals surface area contributed by atoms with Gasteiger partial charge in [-0.15, -0.1) is 0 Å². The Morgan fingerprint density at radius 3 is 2.55 bits per heavy atom. The van der Waals surface area contributed by atoms with Crippen molar-refractivity contribution >= 4 is 5.82 Å². The first-order chi connectivity index (χ1) is 10.2. The van der Waals surface area contributed by atoms with Crippen molar-refractivity contribution in [3.8, 4) is 0 Å². The van der Waals surface area contributed by atoms with Gasteiger partial charge in [-0.05, 0) is 24.7 Å². The molecule has 4 heteroatoms. The highest BCUT2D eigenvalue weighted by molar-refractivity contribution is 5.41. The van der Waals surface area contributed by atoms with Crippen LogP contribution in [0.4, 0.5) is 5.82 Å². The number of hydrogen-bond acceptors (Lipinski definition) is 4. The van der Waals surface area contributed by atoms with E-state index in [0.717, 1.165) is 30.4 Å². The Bertz CT molecular complexity index is 506. The van der Waals surface area contributed by atoms with Crippen molar-refractivity contribution in [3.05, 3.63) is 17.6 Å². The second kappa shape index (κ2) is 6.53. The summed E-state index contributed by atoms with van der Waals surface area (Å²) in [5.74, 6) is 1.96. The Labute approximate surface area is 135 Å². The Kier molecular flexibility index (Phi) is 5.10. The van der Waals surface area contributed by atoms with Crippen LogP contribution >= 0.6 is 0 Å². The van der Waals surface area contributed by atoms with Crippen LogP contribution in [0.2, 0.25) is 0 Å². The number of methoxy groups -OCH3 is 1. The average Bonchev–Trinajstić information content (AvgIpc) is 2.59. The SMILES string of the molecule is COCc1cc(N2CCCC(C)(C)CC2)nc(C(C)(C)C)n1. The lowest BCUT2D eigenvalue weighted by molar-refractivity contribution is 0.181. The topological polar surface area (TPSA) is 38.2 Å². The fourth-order valence-electron chi connectivity index (χ4n) is 2.85. The first-order valence-corrected chi connectivity index (χ1v) is 8.34. The van der Waals surface area contributed by atoms with Gasteiger partial charge in [-0.25, -0.2) is 9.97 Å².